The number of hydrogen-bond acceptors (Lipinski definition) is 6. The number of anilines is 1. The average molecular weight is 372 g/mol. The van der Waals surface area contributed by atoms with Gasteiger partial charge in [0, 0.05) is 6.04 Å². The molecule has 0 bridgehead atoms. The summed E-state index contributed by atoms with van der Waals surface area (Å²) in [4.78, 5) is 29.6. The maximum Gasteiger partial charge on any atom is 0.302 e. The maximum atomic E-state index is 12.8. The Kier molecular flexibility index (Phi) is 4.46. The Morgan fingerprint density at radius 2 is 2.23 bits per heavy atom. The van der Waals surface area contributed by atoms with E-state index in [1.165, 1.54) is 11.8 Å². The SMILES string of the molecule is CC[n+]1cc(NC(=O)CSc2nc3ccccc3c(=O)n2C2CC2)on1. The van der Waals surface area contributed by atoms with Crippen molar-refractivity contribution in [3.8, 4) is 0 Å². The first-order valence-electron chi connectivity index (χ1n) is 8.46. The molecule has 0 unspecified atom stereocenters. The summed E-state index contributed by atoms with van der Waals surface area (Å²) in [5.41, 5.74) is 0.608. The lowest BCUT2D eigenvalue weighted by atomic mass is 10.2. The van der Waals surface area contributed by atoms with Gasteiger partial charge in [-0.15, -0.1) is 0 Å². The van der Waals surface area contributed by atoms with E-state index in [1.54, 1.807) is 21.5 Å². The lowest BCUT2D eigenvalue weighted by Crippen LogP contribution is -2.32. The zero-order chi connectivity index (χ0) is 18.1. The van der Waals surface area contributed by atoms with Gasteiger partial charge in [-0.1, -0.05) is 28.6 Å². The summed E-state index contributed by atoms with van der Waals surface area (Å²) in [5, 5.41) is 7.60. The van der Waals surface area contributed by atoms with E-state index in [-0.39, 0.29) is 23.3 Å². The van der Waals surface area contributed by atoms with Gasteiger partial charge in [0.25, 0.3) is 11.8 Å². The lowest BCUT2D eigenvalue weighted by Gasteiger charge is -2.11. The second-order valence-electron chi connectivity index (χ2n) is 6.08. The van der Waals surface area contributed by atoms with Crippen molar-refractivity contribution in [2.45, 2.75) is 37.5 Å². The minimum atomic E-state index is -0.237. The van der Waals surface area contributed by atoms with Crippen LogP contribution in [-0.4, -0.2) is 26.5 Å². The van der Waals surface area contributed by atoms with Gasteiger partial charge in [0.15, 0.2) is 11.7 Å². The molecule has 8 nitrogen and oxygen atoms in total. The zero-order valence-electron chi connectivity index (χ0n) is 14.2. The van der Waals surface area contributed by atoms with E-state index < -0.39 is 0 Å². The molecule has 2 heterocycles. The maximum absolute atomic E-state index is 12.8. The highest BCUT2D eigenvalue weighted by molar-refractivity contribution is 7.99. The first kappa shape index (κ1) is 16.8. The van der Waals surface area contributed by atoms with Gasteiger partial charge in [-0.3, -0.25) is 24.0 Å². The Morgan fingerprint density at radius 1 is 1.42 bits per heavy atom. The number of benzene rings is 1. The van der Waals surface area contributed by atoms with Crippen molar-refractivity contribution in [2.24, 2.45) is 0 Å². The highest BCUT2D eigenvalue weighted by atomic mass is 32.2. The number of hydrogen-bond donors (Lipinski definition) is 1. The molecule has 0 radical (unpaired) electrons. The van der Waals surface area contributed by atoms with Gasteiger partial charge in [-0.2, -0.15) is 0 Å². The molecular formula is C17H18N5O3S+. The topological polar surface area (TPSA) is 93.9 Å². The third kappa shape index (κ3) is 3.34. The number of aryl methyl sites for hydroxylation is 1. The summed E-state index contributed by atoms with van der Waals surface area (Å²) in [6, 6.07) is 7.48. The lowest BCUT2D eigenvalue weighted by molar-refractivity contribution is -0.759. The number of nitrogens with zero attached hydrogens (tertiary/aromatic N) is 4. The molecule has 1 amide bonds. The third-order valence-corrected chi connectivity index (χ3v) is 5.07. The Morgan fingerprint density at radius 3 is 2.96 bits per heavy atom. The molecule has 4 rings (SSSR count). The number of carbonyl (C=O) groups excluding carboxylic acids is 1. The van der Waals surface area contributed by atoms with E-state index in [4.69, 9.17) is 4.52 Å². The van der Waals surface area contributed by atoms with Crippen LogP contribution in [0.15, 0.2) is 44.9 Å². The number of rotatable bonds is 6. The van der Waals surface area contributed by atoms with E-state index in [0.29, 0.717) is 28.5 Å². The first-order valence-corrected chi connectivity index (χ1v) is 9.44. The molecule has 1 N–H and O–H groups in total. The highest BCUT2D eigenvalue weighted by Crippen LogP contribution is 2.36. The number of carbonyl (C=O) groups is 1. The molecule has 9 heteroatoms. The van der Waals surface area contributed by atoms with Crippen molar-refractivity contribution in [1.29, 1.82) is 0 Å². The van der Waals surface area contributed by atoms with Crippen molar-refractivity contribution >= 4 is 34.5 Å². The predicted octanol–water partition coefficient (Wildman–Crippen LogP) is 1.76. The van der Waals surface area contributed by atoms with Crippen LogP contribution in [0.1, 0.15) is 25.8 Å². The molecule has 2 aromatic heterocycles. The fourth-order valence-corrected chi connectivity index (χ4v) is 3.54. The number of fused-ring (bicyclic) bond motifs is 1. The molecule has 1 aliphatic rings. The summed E-state index contributed by atoms with van der Waals surface area (Å²) in [7, 11) is 0. The molecule has 26 heavy (non-hydrogen) atoms. The fourth-order valence-electron chi connectivity index (χ4n) is 2.67. The van der Waals surface area contributed by atoms with Crippen LogP contribution >= 0.6 is 11.8 Å². The van der Waals surface area contributed by atoms with E-state index in [0.717, 1.165) is 12.8 Å². The average Bonchev–Trinajstić information content (AvgIpc) is 3.38. The first-order chi connectivity index (χ1) is 12.7. The monoisotopic (exact) mass is 372 g/mol. The second-order valence-corrected chi connectivity index (χ2v) is 7.02. The molecule has 1 saturated carbocycles. The van der Waals surface area contributed by atoms with Crippen LogP contribution in [0.4, 0.5) is 5.88 Å². The Hall–Kier alpha value is -2.68. The fraction of sp³-hybridized carbons (Fsp3) is 0.353. The van der Waals surface area contributed by atoms with Crippen molar-refractivity contribution in [1.82, 2.24) is 14.8 Å². The van der Waals surface area contributed by atoms with Crippen molar-refractivity contribution in [3.63, 3.8) is 0 Å². The quantitative estimate of drug-likeness (QED) is 0.403. The number of para-hydroxylation sites is 1. The number of thioether (sulfide) groups is 1. The minimum absolute atomic E-state index is 0.0415. The number of aromatic nitrogens is 4. The molecule has 1 aromatic carbocycles. The van der Waals surface area contributed by atoms with Gasteiger partial charge in [0.1, 0.15) is 0 Å². The van der Waals surface area contributed by atoms with Crippen LogP contribution < -0.4 is 15.6 Å². The molecule has 0 aliphatic heterocycles. The smallest absolute Gasteiger partial charge is 0.288 e. The Labute approximate surface area is 153 Å². The zero-order valence-corrected chi connectivity index (χ0v) is 15.0. The van der Waals surface area contributed by atoms with Crippen molar-refractivity contribution in [2.75, 3.05) is 11.1 Å². The number of nitrogens with one attached hydrogen (secondary N) is 1. The van der Waals surface area contributed by atoms with Gasteiger partial charge < -0.3 is 0 Å². The molecule has 1 aliphatic carbocycles. The molecule has 1 fully saturated rings. The second kappa shape index (κ2) is 6.91. The summed E-state index contributed by atoms with van der Waals surface area (Å²) < 4.78 is 8.33. The largest absolute Gasteiger partial charge is 0.302 e. The van der Waals surface area contributed by atoms with E-state index >= 15 is 0 Å². The van der Waals surface area contributed by atoms with Gasteiger partial charge >= 0.3 is 5.88 Å². The summed E-state index contributed by atoms with van der Waals surface area (Å²) >= 11 is 1.26. The standard InChI is InChI=1S/C17H17N5O3S/c1-2-21-9-15(25-20-21)19-14(23)10-26-17-18-13-6-4-3-5-12(13)16(24)22(17)11-7-8-11/h3-6,9,11H,2,7-8,10H2,1H3/p+1. The van der Waals surface area contributed by atoms with Crippen LogP contribution in [0.3, 0.4) is 0 Å². The van der Waals surface area contributed by atoms with Crippen LogP contribution in [0, 0.1) is 0 Å². The van der Waals surface area contributed by atoms with Crippen molar-refractivity contribution in [3.05, 3.63) is 40.8 Å². The molecular weight excluding hydrogens is 354 g/mol. The predicted molar refractivity (Wildman–Crippen MR) is 96.0 cm³/mol. The van der Waals surface area contributed by atoms with Crippen molar-refractivity contribution < 1.29 is 14.0 Å². The summed E-state index contributed by atoms with van der Waals surface area (Å²) in [5.74, 6) is 0.187. The van der Waals surface area contributed by atoms with Gasteiger partial charge in [0.2, 0.25) is 11.2 Å². The Bertz CT molecular complexity index is 1020. The van der Waals surface area contributed by atoms with Crippen LogP contribution in [0.5, 0.6) is 0 Å². The summed E-state index contributed by atoms with van der Waals surface area (Å²) in [6.45, 7) is 2.58. The Balaban J connectivity index is 1.54. The van der Waals surface area contributed by atoms with Crippen LogP contribution in [0.2, 0.25) is 0 Å². The molecule has 0 spiro atoms. The van der Waals surface area contributed by atoms with E-state index in [9.17, 15) is 9.59 Å². The molecule has 0 saturated heterocycles. The van der Waals surface area contributed by atoms with Gasteiger partial charge in [-0.25, -0.2) is 4.98 Å². The van der Waals surface area contributed by atoms with Crippen LogP contribution in [0.25, 0.3) is 10.9 Å². The van der Waals surface area contributed by atoms with E-state index in [1.807, 2.05) is 25.1 Å². The summed E-state index contributed by atoms with van der Waals surface area (Å²) in [6.07, 6.45) is 3.56. The third-order valence-electron chi connectivity index (χ3n) is 4.12. The normalized spacial score (nSPS) is 13.9. The van der Waals surface area contributed by atoms with Crippen LogP contribution in [-0.2, 0) is 11.3 Å². The molecule has 134 valence electrons. The molecule has 0 atom stereocenters. The van der Waals surface area contributed by atoms with Gasteiger partial charge in [0.05, 0.1) is 16.7 Å². The molecule has 3 aromatic rings. The van der Waals surface area contributed by atoms with E-state index in [2.05, 4.69) is 15.6 Å². The highest BCUT2D eigenvalue weighted by Gasteiger charge is 2.28. The number of amides is 1. The minimum Gasteiger partial charge on any atom is -0.288 e. The van der Waals surface area contributed by atoms with Gasteiger partial charge in [-0.05, 0) is 31.9 Å².